The highest BCUT2D eigenvalue weighted by molar-refractivity contribution is 7.47. The third-order valence-corrected chi connectivity index (χ3v) is 7.78. The first-order chi connectivity index (χ1) is 17.3. The highest BCUT2D eigenvalue weighted by Gasteiger charge is 2.37. The monoisotopic (exact) mass is 536 g/mol. The molecule has 2 N–H and O–H groups in total. The second kappa shape index (κ2) is 13.7. The molecule has 1 aromatic carbocycles. The summed E-state index contributed by atoms with van der Waals surface area (Å²) in [6, 6.07) is 3.56. The van der Waals surface area contributed by atoms with Crippen molar-refractivity contribution in [1.82, 2.24) is 0 Å². The van der Waals surface area contributed by atoms with Gasteiger partial charge >= 0.3 is 13.8 Å². The second-order valence-electron chi connectivity index (χ2n) is 10.8. The molecule has 208 valence electrons. The van der Waals surface area contributed by atoms with Crippen LogP contribution in [-0.4, -0.2) is 28.2 Å². The van der Waals surface area contributed by atoms with Crippen LogP contribution in [0.4, 0.5) is 0 Å². The highest BCUT2D eigenvalue weighted by atomic mass is 31.2. The number of benzene rings is 1. The number of aromatic hydroxyl groups is 1. The van der Waals surface area contributed by atoms with Crippen molar-refractivity contribution in [3.05, 3.63) is 47.1 Å². The molecule has 4 atom stereocenters. The van der Waals surface area contributed by atoms with Gasteiger partial charge in [-0.05, 0) is 82.9 Å². The maximum Gasteiger partial charge on any atom is 0.473 e. The average Bonchev–Trinajstić information content (AvgIpc) is 2.76. The van der Waals surface area contributed by atoms with Gasteiger partial charge in [0.15, 0.2) is 6.10 Å². The Balaban J connectivity index is 2.52. The highest BCUT2D eigenvalue weighted by Crippen LogP contribution is 2.49. The molecule has 0 aromatic heterocycles. The third-order valence-electron chi connectivity index (χ3n) is 6.60. The van der Waals surface area contributed by atoms with Crippen molar-refractivity contribution in [3.8, 4) is 11.5 Å². The van der Waals surface area contributed by atoms with Crippen LogP contribution in [0.15, 0.2) is 35.9 Å². The van der Waals surface area contributed by atoms with Crippen LogP contribution in [0.3, 0.4) is 0 Å². The number of aryl methyl sites for hydroxylation is 1. The molecule has 0 radical (unpaired) electrons. The number of phenolic OH excluding ortho intramolecular Hbond substituents is 1. The van der Waals surface area contributed by atoms with Gasteiger partial charge in [-0.15, -0.1) is 0 Å². The smallest absolute Gasteiger partial charge is 0.473 e. The van der Waals surface area contributed by atoms with Crippen molar-refractivity contribution in [2.24, 2.45) is 11.8 Å². The van der Waals surface area contributed by atoms with Gasteiger partial charge < -0.3 is 14.7 Å². The molecule has 0 aliphatic heterocycles. The molecule has 0 bridgehead atoms. The van der Waals surface area contributed by atoms with Crippen LogP contribution in [-0.2, 0) is 24.8 Å². The van der Waals surface area contributed by atoms with Crippen molar-refractivity contribution in [3.63, 3.8) is 0 Å². The summed E-state index contributed by atoms with van der Waals surface area (Å²) in [5, 5.41) is 11.2. The van der Waals surface area contributed by atoms with E-state index >= 15 is 0 Å². The van der Waals surface area contributed by atoms with E-state index in [0.29, 0.717) is 5.56 Å². The van der Waals surface area contributed by atoms with Crippen LogP contribution in [0.2, 0.25) is 0 Å². The van der Waals surface area contributed by atoms with Crippen molar-refractivity contribution in [2.45, 2.75) is 105 Å². The number of esters is 1. The lowest BCUT2D eigenvalue weighted by molar-refractivity contribution is -0.145. The fourth-order valence-electron chi connectivity index (χ4n) is 4.75. The van der Waals surface area contributed by atoms with Crippen LogP contribution >= 0.6 is 7.82 Å². The molecular weight excluding hydrogens is 491 g/mol. The van der Waals surface area contributed by atoms with E-state index in [2.05, 4.69) is 26.5 Å². The summed E-state index contributed by atoms with van der Waals surface area (Å²) >= 11 is 0. The number of hydrogen-bond donors (Lipinski definition) is 2. The van der Waals surface area contributed by atoms with Gasteiger partial charge in [-0.2, -0.15) is 0 Å². The number of allylic oxidation sites excluding steroid dienone is 3. The number of carbonyl (C=O) groups excluding carboxylic acids is 1. The summed E-state index contributed by atoms with van der Waals surface area (Å²) in [6.45, 7) is 16.9. The maximum absolute atomic E-state index is 13.4. The quantitative estimate of drug-likeness (QED) is 0.0879. The molecule has 0 saturated heterocycles. The first kappa shape index (κ1) is 31.3. The van der Waals surface area contributed by atoms with E-state index in [4.69, 9.17) is 13.8 Å². The summed E-state index contributed by atoms with van der Waals surface area (Å²) in [5.74, 6) is -1.11. The molecule has 1 aliphatic rings. The first-order valence-corrected chi connectivity index (χ1v) is 14.8. The van der Waals surface area contributed by atoms with E-state index in [0.717, 1.165) is 49.7 Å². The second-order valence-corrected chi connectivity index (χ2v) is 12.2. The Labute approximate surface area is 222 Å². The SMILES string of the molecule is C=C(C)[C@@H]1CCC(C)=C[C@H]1c1c(O)cc(CCCCC)cc1OC(=O)C(OP(=O)(O)OC(C)C)C(C)C. The van der Waals surface area contributed by atoms with Crippen molar-refractivity contribution < 1.29 is 33.1 Å². The molecule has 37 heavy (non-hydrogen) atoms. The van der Waals surface area contributed by atoms with Crippen LogP contribution < -0.4 is 4.74 Å². The lowest BCUT2D eigenvalue weighted by atomic mass is 9.73. The van der Waals surface area contributed by atoms with E-state index in [1.54, 1.807) is 39.8 Å². The van der Waals surface area contributed by atoms with Gasteiger partial charge in [0, 0.05) is 11.5 Å². The summed E-state index contributed by atoms with van der Waals surface area (Å²) in [5.41, 5.74) is 3.57. The minimum Gasteiger partial charge on any atom is -0.507 e. The van der Waals surface area contributed by atoms with Crippen LogP contribution in [0.25, 0.3) is 0 Å². The Morgan fingerprint density at radius 3 is 2.43 bits per heavy atom. The molecule has 1 aliphatic carbocycles. The predicted octanol–water partition coefficient (Wildman–Crippen LogP) is 7.61. The molecule has 0 amide bonds. The van der Waals surface area contributed by atoms with Gasteiger partial charge in [0.05, 0.1) is 6.10 Å². The number of phosphoric ester groups is 1. The summed E-state index contributed by atoms with van der Waals surface area (Å²) < 4.78 is 28.6. The molecule has 2 unspecified atom stereocenters. The largest absolute Gasteiger partial charge is 0.507 e. The van der Waals surface area contributed by atoms with Gasteiger partial charge in [-0.25, -0.2) is 9.36 Å². The zero-order valence-electron chi connectivity index (χ0n) is 23.5. The Bertz CT molecular complexity index is 1030. The molecule has 0 saturated carbocycles. The van der Waals surface area contributed by atoms with E-state index in [1.807, 2.05) is 6.92 Å². The number of phenols is 1. The summed E-state index contributed by atoms with van der Waals surface area (Å²) in [4.78, 5) is 23.5. The molecule has 1 aromatic rings. The van der Waals surface area contributed by atoms with Gasteiger partial charge in [-0.1, -0.05) is 57.4 Å². The predicted molar refractivity (Wildman–Crippen MR) is 147 cm³/mol. The first-order valence-electron chi connectivity index (χ1n) is 13.3. The third kappa shape index (κ3) is 9.10. The van der Waals surface area contributed by atoms with Crippen molar-refractivity contribution >= 4 is 13.8 Å². The molecule has 8 heteroatoms. The lowest BCUT2D eigenvalue weighted by Crippen LogP contribution is -2.33. The van der Waals surface area contributed by atoms with Crippen molar-refractivity contribution in [2.75, 3.05) is 0 Å². The van der Waals surface area contributed by atoms with E-state index in [9.17, 15) is 19.4 Å². The Morgan fingerprint density at radius 2 is 1.86 bits per heavy atom. The van der Waals surface area contributed by atoms with E-state index < -0.39 is 31.9 Å². The van der Waals surface area contributed by atoms with Crippen molar-refractivity contribution in [1.29, 1.82) is 0 Å². The Morgan fingerprint density at radius 1 is 1.19 bits per heavy atom. The molecule has 0 fully saturated rings. The number of unbranched alkanes of at least 4 members (excludes halogenated alkanes) is 2. The van der Waals surface area contributed by atoms with Gasteiger partial charge in [0.2, 0.25) is 0 Å². The number of phosphoric acid groups is 1. The molecular formula is C29H45O7P. The fraction of sp³-hybridized carbons (Fsp3) is 0.621. The molecule has 0 heterocycles. The Kier molecular flexibility index (Phi) is 11.6. The van der Waals surface area contributed by atoms with Gasteiger partial charge in [0.25, 0.3) is 0 Å². The topological polar surface area (TPSA) is 102 Å². The minimum absolute atomic E-state index is 0.0667. The maximum atomic E-state index is 13.4. The molecule has 2 rings (SSSR count). The lowest BCUT2D eigenvalue weighted by Gasteiger charge is -2.32. The molecule has 7 nitrogen and oxygen atoms in total. The standard InChI is InChI=1S/C29H45O7P/c1-9-10-11-12-22-16-25(30)27(24-15-21(8)13-14-23(24)18(2)3)26(17-22)34-29(31)28(19(4)5)36-37(32,33)35-20(6)7/h15-17,19-20,23-24,28,30H,2,9-14H2,1,3-8H3,(H,32,33)/t23-,24+,28?/m0/s1. The van der Waals surface area contributed by atoms with E-state index in [1.165, 1.54) is 5.57 Å². The van der Waals surface area contributed by atoms with Crippen LogP contribution in [0.1, 0.15) is 97.6 Å². The van der Waals surface area contributed by atoms with Crippen LogP contribution in [0.5, 0.6) is 11.5 Å². The van der Waals surface area contributed by atoms with Gasteiger partial charge in [0.1, 0.15) is 11.5 Å². The number of ether oxygens (including phenoxy) is 1. The number of hydrogen-bond acceptors (Lipinski definition) is 6. The number of carbonyl (C=O) groups is 1. The minimum atomic E-state index is -4.50. The Hall–Kier alpha value is -1.92. The fourth-order valence-corrected chi connectivity index (χ4v) is 5.95. The number of rotatable bonds is 13. The van der Waals surface area contributed by atoms with Gasteiger partial charge in [-0.3, -0.25) is 9.05 Å². The summed E-state index contributed by atoms with van der Waals surface area (Å²) in [6.07, 6.45) is 5.80. The normalized spacial score (nSPS) is 20.4. The summed E-state index contributed by atoms with van der Waals surface area (Å²) in [7, 11) is -4.50. The molecule has 0 spiro atoms. The average molecular weight is 537 g/mol. The zero-order chi connectivity index (χ0) is 27.9. The van der Waals surface area contributed by atoms with Crippen LogP contribution in [0, 0.1) is 11.8 Å². The van der Waals surface area contributed by atoms with E-state index in [-0.39, 0.29) is 23.3 Å². The zero-order valence-corrected chi connectivity index (χ0v) is 24.3.